The molecule has 0 aliphatic heterocycles. The van der Waals surface area contributed by atoms with Gasteiger partial charge in [-0.2, -0.15) is 0 Å². The first-order valence-corrected chi connectivity index (χ1v) is 10.3. The number of rotatable bonds is 10. The van der Waals surface area contributed by atoms with E-state index in [4.69, 9.17) is 4.74 Å². The van der Waals surface area contributed by atoms with Gasteiger partial charge < -0.3 is 4.74 Å². The minimum atomic E-state index is 0.274. The number of hydrogen-bond donors (Lipinski definition) is 0. The molecule has 1 heteroatoms. The van der Waals surface area contributed by atoms with Crippen molar-refractivity contribution in [3.63, 3.8) is 0 Å². The molecule has 0 aromatic heterocycles. The summed E-state index contributed by atoms with van der Waals surface area (Å²) >= 11 is 0. The van der Waals surface area contributed by atoms with Gasteiger partial charge in [0.15, 0.2) is 0 Å². The maximum absolute atomic E-state index is 6.44. The Kier molecular flexibility index (Phi) is 8.22. The first-order chi connectivity index (χ1) is 12.5. The van der Waals surface area contributed by atoms with Crippen molar-refractivity contribution in [2.75, 3.05) is 0 Å². The van der Waals surface area contributed by atoms with Gasteiger partial charge in [0.05, 0.1) is 0 Å². The summed E-state index contributed by atoms with van der Waals surface area (Å²) in [5.41, 5.74) is 5.49. The minimum absolute atomic E-state index is 0.274. The molecule has 1 nitrogen and oxygen atoms in total. The van der Waals surface area contributed by atoms with Gasteiger partial charge in [0.2, 0.25) is 0 Å². The zero-order valence-corrected chi connectivity index (χ0v) is 17.3. The first kappa shape index (κ1) is 20.6. The van der Waals surface area contributed by atoms with Gasteiger partial charge >= 0.3 is 0 Å². The zero-order chi connectivity index (χ0) is 18.9. The van der Waals surface area contributed by atoms with Gasteiger partial charge in [0.1, 0.15) is 11.9 Å². The Morgan fingerprint density at radius 1 is 0.846 bits per heavy atom. The smallest absolute Gasteiger partial charge is 0.119 e. The van der Waals surface area contributed by atoms with Crippen molar-refractivity contribution in [1.82, 2.24) is 0 Å². The third-order valence-corrected chi connectivity index (χ3v) is 5.48. The third kappa shape index (κ3) is 6.20. The van der Waals surface area contributed by atoms with Gasteiger partial charge in [-0.25, -0.2) is 0 Å². The Labute approximate surface area is 160 Å². The highest BCUT2D eigenvalue weighted by Crippen LogP contribution is 2.26. The monoisotopic (exact) mass is 352 g/mol. The van der Waals surface area contributed by atoms with E-state index in [9.17, 15) is 0 Å². The summed E-state index contributed by atoms with van der Waals surface area (Å²) < 4.78 is 6.44. The van der Waals surface area contributed by atoms with Crippen LogP contribution in [0.1, 0.15) is 68.2 Å². The maximum Gasteiger partial charge on any atom is 0.119 e. The Morgan fingerprint density at radius 2 is 1.58 bits per heavy atom. The average molecular weight is 353 g/mol. The molecule has 0 aliphatic carbocycles. The molecule has 26 heavy (non-hydrogen) atoms. The Balaban J connectivity index is 2.13. The Hall–Kier alpha value is -1.76. The Morgan fingerprint density at radius 3 is 2.19 bits per heavy atom. The van der Waals surface area contributed by atoms with Crippen molar-refractivity contribution in [2.24, 2.45) is 5.92 Å². The van der Waals surface area contributed by atoms with E-state index in [1.807, 2.05) is 0 Å². The summed E-state index contributed by atoms with van der Waals surface area (Å²) in [5, 5.41) is 0. The van der Waals surface area contributed by atoms with Crippen LogP contribution in [0.5, 0.6) is 5.75 Å². The fourth-order valence-electron chi connectivity index (χ4n) is 3.61. The molecule has 2 unspecified atom stereocenters. The lowest BCUT2D eigenvalue weighted by molar-refractivity contribution is 0.121. The number of aryl methyl sites for hydroxylation is 3. The molecule has 0 amide bonds. The standard InChI is InChI=1S/C25H36O/c1-6-8-9-10-23(18-22-14-13-20(4)21(5)17-22)25(7-2)26-24-15-11-19(3)12-16-24/h11-17,23,25H,6-10,18H2,1-5H3. The molecule has 2 aromatic rings. The second-order valence-corrected chi connectivity index (χ2v) is 7.76. The van der Waals surface area contributed by atoms with Crippen LogP contribution >= 0.6 is 0 Å². The summed E-state index contributed by atoms with van der Waals surface area (Å²) in [5.74, 6) is 1.57. The second kappa shape index (κ2) is 10.4. The van der Waals surface area contributed by atoms with Crippen LogP contribution in [0.15, 0.2) is 42.5 Å². The number of hydrogen-bond acceptors (Lipinski definition) is 1. The molecule has 0 spiro atoms. The van der Waals surface area contributed by atoms with Gasteiger partial charge in [-0.05, 0) is 74.8 Å². The van der Waals surface area contributed by atoms with E-state index in [2.05, 4.69) is 77.1 Å². The van der Waals surface area contributed by atoms with E-state index < -0.39 is 0 Å². The van der Waals surface area contributed by atoms with Crippen molar-refractivity contribution in [1.29, 1.82) is 0 Å². The summed E-state index contributed by atoms with van der Waals surface area (Å²) in [6, 6.07) is 15.4. The maximum atomic E-state index is 6.44. The molecule has 2 aromatic carbocycles. The molecule has 0 fully saturated rings. The van der Waals surface area contributed by atoms with Crippen LogP contribution in [-0.2, 0) is 6.42 Å². The largest absolute Gasteiger partial charge is 0.490 e. The fourth-order valence-corrected chi connectivity index (χ4v) is 3.61. The summed E-state index contributed by atoms with van der Waals surface area (Å²) in [6.45, 7) is 11.1. The molecule has 0 bridgehead atoms. The van der Waals surface area contributed by atoms with Gasteiger partial charge in [-0.15, -0.1) is 0 Å². The highest BCUT2D eigenvalue weighted by molar-refractivity contribution is 5.30. The van der Waals surface area contributed by atoms with E-state index in [0.29, 0.717) is 5.92 Å². The van der Waals surface area contributed by atoms with Crippen LogP contribution in [-0.4, -0.2) is 6.10 Å². The van der Waals surface area contributed by atoms with Crippen molar-refractivity contribution in [3.8, 4) is 5.75 Å². The Bertz CT molecular complexity index is 656. The molecular formula is C25H36O. The fraction of sp³-hybridized carbons (Fsp3) is 0.520. The highest BCUT2D eigenvalue weighted by atomic mass is 16.5. The van der Waals surface area contributed by atoms with Crippen molar-refractivity contribution in [3.05, 3.63) is 64.7 Å². The lowest BCUT2D eigenvalue weighted by atomic mass is 9.87. The molecule has 2 rings (SSSR count). The molecule has 142 valence electrons. The average Bonchev–Trinajstić information content (AvgIpc) is 2.63. The van der Waals surface area contributed by atoms with Crippen LogP contribution in [0.2, 0.25) is 0 Å². The van der Waals surface area contributed by atoms with Crippen LogP contribution in [0, 0.1) is 26.7 Å². The predicted molar refractivity (Wildman–Crippen MR) is 113 cm³/mol. The lowest BCUT2D eigenvalue weighted by Crippen LogP contribution is -2.28. The van der Waals surface area contributed by atoms with Crippen LogP contribution in [0.25, 0.3) is 0 Å². The van der Waals surface area contributed by atoms with Gasteiger partial charge in [-0.1, -0.05) is 69.0 Å². The highest BCUT2D eigenvalue weighted by Gasteiger charge is 2.22. The quantitative estimate of drug-likeness (QED) is 0.410. The topological polar surface area (TPSA) is 9.23 Å². The SMILES string of the molecule is CCCCCC(Cc1ccc(C)c(C)c1)C(CC)Oc1ccc(C)cc1. The van der Waals surface area contributed by atoms with Crippen molar-refractivity contribution < 1.29 is 4.74 Å². The normalized spacial score (nSPS) is 13.4. The van der Waals surface area contributed by atoms with E-state index in [1.54, 1.807) is 0 Å². The molecule has 0 saturated heterocycles. The molecule has 0 aliphatic rings. The molecule has 2 atom stereocenters. The number of unbranched alkanes of at least 4 members (excludes halogenated alkanes) is 2. The van der Waals surface area contributed by atoms with E-state index in [1.165, 1.54) is 47.9 Å². The molecule has 0 saturated carbocycles. The van der Waals surface area contributed by atoms with E-state index >= 15 is 0 Å². The molecular weight excluding hydrogens is 316 g/mol. The summed E-state index contributed by atoms with van der Waals surface area (Å²) in [7, 11) is 0. The minimum Gasteiger partial charge on any atom is -0.490 e. The summed E-state index contributed by atoms with van der Waals surface area (Å²) in [4.78, 5) is 0. The first-order valence-electron chi connectivity index (χ1n) is 10.3. The van der Waals surface area contributed by atoms with Gasteiger partial charge in [-0.3, -0.25) is 0 Å². The van der Waals surface area contributed by atoms with Crippen LogP contribution in [0.4, 0.5) is 0 Å². The molecule has 0 radical (unpaired) electrons. The van der Waals surface area contributed by atoms with Gasteiger partial charge in [0.25, 0.3) is 0 Å². The lowest BCUT2D eigenvalue weighted by Gasteiger charge is -2.28. The predicted octanol–water partition coefficient (Wildman–Crippen LogP) is 7.21. The van der Waals surface area contributed by atoms with Crippen LogP contribution in [0.3, 0.4) is 0 Å². The number of benzene rings is 2. The van der Waals surface area contributed by atoms with E-state index in [-0.39, 0.29) is 6.10 Å². The third-order valence-electron chi connectivity index (χ3n) is 5.48. The van der Waals surface area contributed by atoms with Crippen LogP contribution < -0.4 is 4.74 Å². The number of ether oxygens (including phenoxy) is 1. The van der Waals surface area contributed by atoms with Crippen molar-refractivity contribution >= 4 is 0 Å². The second-order valence-electron chi connectivity index (χ2n) is 7.76. The van der Waals surface area contributed by atoms with E-state index in [0.717, 1.165) is 18.6 Å². The zero-order valence-electron chi connectivity index (χ0n) is 17.3. The van der Waals surface area contributed by atoms with Crippen molar-refractivity contribution in [2.45, 2.75) is 79.2 Å². The molecule has 0 N–H and O–H groups in total. The molecule has 0 heterocycles. The van der Waals surface area contributed by atoms with Gasteiger partial charge in [0, 0.05) is 0 Å². The summed E-state index contributed by atoms with van der Waals surface area (Å²) in [6.07, 6.45) is 7.54.